The minimum atomic E-state index is -1.54. The molecular weight excluding hydrogens is 457 g/mol. The number of benzene rings is 1. The van der Waals surface area contributed by atoms with Gasteiger partial charge in [-0.2, -0.15) is 4.39 Å². The van der Waals surface area contributed by atoms with Crippen LogP contribution in [0.1, 0.15) is 43.0 Å². The predicted molar refractivity (Wildman–Crippen MR) is 115 cm³/mol. The highest BCUT2D eigenvalue weighted by Gasteiger charge is 2.43. The fraction of sp³-hybridized carbons (Fsp3) is 0.591. The van der Waals surface area contributed by atoms with Crippen LogP contribution in [0, 0.1) is 17.5 Å². The first-order valence-corrected chi connectivity index (χ1v) is 11.2. The Balaban J connectivity index is 1.73. The molecule has 1 aromatic rings. The fourth-order valence-electron chi connectivity index (χ4n) is 4.22. The summed E-state index contributed by atoms with van der Waals surface area (Å²) in [5.41, 5.74) is -2.13. The van der Waals surface area contributed by atoms with Crippen molar-refractivity contribution in [2.24, 2.45) is 0 Å². The van der Waals surface area contributed by atoms with Gasteiger partial charge in [0.2, 0.25) is 11.7 Å². The fourth-order valence-corrected chi connectivity index (χ4v) is 4.22. The maximum atomic E-state index is 14.6. The van der Waals surface area contributed by atoms with Gasteiger partial charge in [-0.25, -0.2) is 13.6 Å². The summed E-state index contributed by atoms with van der Waals surface area (Å²) in [6.45, 7) is 3.64. The Morgan fingerprint density at radius 1 is 1.15 bits per heavy atom. The van der Waals surface area contributed by atoms with Gasteiger partial charge >= 0.3 is 6.09 Å². The number of carbonyl (C=O) groups excluding carboxylic acids is 3. The lowest BCUT2D eigenvalue weighted by molar-refractivity contribution is -0.129. The lowest BCUT2D eigenvalue weighted by Crippen LogP contribution is -2.64. The molecular formula is C22H29F3N4O5. The number of piperidine rings is 2. The predicted octanol–water partition coefficient (Wildman–Crippen LogP) is 1.70. The molecule has 9 nitrogen and oxygen atoms in total. The van der Waals surface area contributed by atoms with Crippen LogP contribution in [-0.2, 0) is 9.53 Å². The molecule has 3 N–H and O–H groups in total. The van der Waals surface area contributed by atoms with Crippen molar-refractivity contribution in [1.29, 1.82) is 0 Å². The van der Waals surface area contributed by atoms with Gasteiger partial charge < -0.3 is 30.3 Å². The van der Waals surface area contributed by atoms with Gasteiger partial charge in [-0.05, 0) is 51.8 Å². The number of nitrogens with one attached hydrogen (secondary N) is 3. The molecule has 12 heteroatoms. The van der Waals surface area contributed by atoms with Crippen molar-refractivity contribution >= 4 is 17.9 Å². The molecule has 0 bridgehead atoms. The summed E-state index contributed by atoms with van der Waals surface area (Å²) >= 11 is 0. The molecule has 3 rings (SSSR count). The Morgan fingerprint density at radius 2 is 1.79 bits per heavy atom. The summed E-state index contributed by atoms with van der Waals surface area (Å²) in [7, 11) is 0.956. The van der Waals surface area contributed by atoms with E-state index in [1.54, 1.807) is 11.8 Å². The van der Waals surface area contributed by atoms with Gasteiger partial charge in [0.05, 0.1) is 19.3 Å². The number of nitrogens with zero attached hydrogens (tertiary/aromatic N) is 1. The molecule has 0 aromatic heterocycles. The zero-order chi connectivity index (χ0) is 24.9. The molecule has 0 atom stereocenters. The average molecular weight is 486 g/mol. The van der Waals surface area contributed by atoms with Gasteiger partial charge in [0.15, 0.2) is 17.4 Å². The first-order chi connectivity index (χ1) is 16.2. The molecule has 2 aliphatic heterocycles. The number of amides is 3. The van der Waals surface area contributed by atoms with Gasteiger partial charge in [0, 0.05) is 19.1 Å². The van der Waals surface area contributed by atoms with Crippen LogP contribution >= 0.6 is 0 Å². The lowest BCUT2D eigenvalue weighted by atomic mass is 9.86. The number of rotatable bonds is 6. The third-order valence-corrected chi connectivity index (χ3v) is 6.17. The van der Waals surface area contributed by atoms with E-state index in [1.165, 1.54) is 0 Å². The van der Waals surface area contributed by atoms with Crippen molar-refractivity contribution in [2.45, 2.75) is 44.2 Å². The smallest absolute Gasteiger partial charge is 0.409 e. The highest BCUT2D eigenvalue weighted by molar-refractivity contribution is 6.00. The zero-order valence-corrected chi connectivity index (χ0v) is 19.1. The highest BCUT2D eigenvalue weighted by Crippen LogP contribution is 2.28. The Labute approximate surface area is 195 Å². The van der Waals surface area contributed by atoms with Gasteiger partial charge in [-0.15, -0.1) is 0 Å². The minimum absolute atomic E-state index is 0.217. The SMILES string of the molecule is CCOC(=O)N1CCC(NC(=O)C2(NC(=O)c3cc(F)c(F)c(OC)c3F)CCNCC2)CC1. The van der Waals surface area contributed by atoms with E-state index in [9.17, 15) is 27.6 Å². The Bertz CT molecular complexity index is 932. The van der Waals surface area contributed by atoms with E-state index >= 15 is 0 Å². The van der Waals surface area contributed by atoms with Crippen LogP contribution in [0.25, 0.3) is 0 Å². The monoisotopic (exact) mass is 486 g/mol. The second-order valence-corrected chi connectivity index (χ2v) is 8.29. The third kappa shape index (κ3) is 5.37. The number of hydrogen-bond acceptors (Lipinski definition) is 6. The minimum Gasteiger partial charge on any atom is -0.491 e. The van der Waals surface area contributed by atoms with Crippen molar-refractivity contribution < 1.29 is 37.0 Å². The van der Waals surface area contributed by atoms with E-state index in [0.717, 1.165) is 7.11 Å². The standard InChI is InChI=1S/C22H29F3N4O5/c1-3-34-21(32)29-10-4-13(5-11-29)27-20(31)22(6-8-26-9-7-22)28-19(30)14-12-15(23)17(25)18(33-2)16(14)24/h12-13,26H,3-11H2,1-2H3,(H,27,31)(H,28,30). The largest absolute Gasteiger partial charge is 0.491 e. The average Bonchev–Trinajstić information content (AvgIpc) is 2.83. The topological polar surface area (TPSA) is 109 Å². The Hall–Kier alpha value is -3.02. The van der Waals surface area contributed by atoms with E-state index in [2.05, 4.69) is 20.7 Å². The van der Waals surface area contributed by atoms with Crippen molar-refractivity contribution in [1.82, 2.24) is 20.9 Å². The summed E-state index contributed by atoms with van der Waals surface area (Å²) in [6, 6.07) is 0.210. The molecule has 34 heavy (non-hydrogen) atoms. The quantitative estimate of drug-likeness (QED) is 0.529. The van der Waals surface area contributed by atoms with E-state index in [-0.39, 0.29) is 25.5 Å². The molecule has 2 heterocycles. The van der Waals surface area contributed by atoms with E-state index < -0.39 is 52.2 Å². The van der Waals surface area contributed by atoms with E-state index in [1.807, 2.05) is 0 Å². The maximum absolute atomic E-state index is 14.6. The molecule has 0 aliphatic carbocycles. The van der Waals surface area contributed by atoms with E-state index in [4.69, 9.17) is 4.74 Å². The van der Waals surface area contributed by atoms with Gasteiger partial charge in [0.1, 0.15) is 5.54 Å². The molecule has 0 spiro atoms. The van der Waals surface area contributed by atoms with Gasteiger partial charge in [0.25, 0.3) is 5.91 Å². The van der Waals surface area contributed by atoms with Gasteiger partial charge in [-0.1, -0.05) is 0 Å². The number of hydrogen-bond donors (Lipinski definition) is 3. The normalized spacial score (nSPS) is 18.2. The van der Waals surface area contributed by atoms with Crippen LogP contribution in [0.5, 0.6) is 5.75 Å². The molecule has 0 saturated carbocycles. The second kappa shape index (κ2) is 10.9. The lowest BCUT2D eigenvalue weighted by Gasteiger charge is -2.39. The zero-order valence-electron chi connectivity index (χ0n) is 19.1. The van der Waals surface area contributed by atoms with Gasteiger partial charge in [-0.3, -0.25) is 9.59 Å². The third-order valence-electron chi connectivity index (χ3n) is 6.17. The van der Waals surface area contributed by atoms with Crippen molar-refractivity contribution in [3.8, 4) is 5.75 Å². The first-order valence-electron chi connectivity index (χ1n) is 11.2. The molecule has 188 valence electrons. The van der Waals surface area contributed by atoms with Crippen LogP contribution < -0.4 is 20.7 Å². The molecule has 3 amide bonds. The number of methoxy groups -OCH3 is 1. The number of ether oxygens (including phenoxy) is 2. The van der Waals surface area contributed by atoms with Crippen molar-refractivity contribution in [2.75, 3.05) is 39.9 Å². The van der Waals surface area contributed by atoms with Crippen LogP contribution in [0.3, 0.4) is 0 Å². The summed E-state index contributed by atoms with van der Waals surface area (Å²) in [4.78, 5) is 39.6. The molecule has 2 fully saturated rings. The number of carbonyl (C=O) groups is 3. The van der Waals surface area contributed by atoms with E-state index in [0.29, 0.717) is 45.1 Å². The molecule has 0 unspecified atom stereocenters. The number of likely N-dealkylation sites (tertiary alicyclic amines) is 1. The summed E-state index contributed by atoms with van der Waals surface area (Å²) < 4.78 is 51.9. The second-order valence-electron chi connectivity index (χ2n) is 8.29. The Morgan fingerprint density at radius 3 is 2.38 bits per heavy atom. The van der Waals surface area contributed by atoms with Crippen LogP contribution in [0.15, 0.2) is 6.07 Å². The van der Waals surface area contributed by atoms with Crippen molar-refractivity contribution in [3.63, 3.8) is 0 Å². The molecule has 2 saturated heterocycles. The number of halogens is 3. The molecule has 2 aliphatic rings. The van der Waals surface area contributed by atoms with Crippen molar-refractivity contribution in [3.05, 3.63) is 29.1 Å². The summed E-state index contributed by atoms with van der Waals surface area (Å²) in [5.74, 6) is -6.85. The Kier molecular flexibility index (Phi) is 8.24. The highest BCUT2D eigenvalue weighted by atomic mass is 19.2. The first kappa shape index (κ1) is 25.6. The van der Waals surface area contributed by atoms with Crippen LogP contribution in [0.2, 0.25) is 0 Å². The molecule has 0 radical (unpaired) electrons. The van der Waals surface area contributed by atoms with Crippen LogP contribution in [0.4, 0.5) is 18.0 Å². The maximum Gasteiger partial charge on any atom is 0.409 e. The van der Waals surface area contributed by atoms with Crippen LogP contribution in [-0.4, -0.2) is 74.3 Å². The molecule has 1 aromatic carbocycles. The summed E-state index contributed by atoms with van der Waals surface area (Å²) in [5, 5.41) is 8.58. The summed E-state index contributed by atoms with van der Waals surface area (Å²) in [6.07, 6.45) is 1.03.